The van der Waals surface area contributed by atoms with Crippen LogP contribution in [0.4, 0.5) is 0 Å². The summed E-state index contributed by atoms with van der Waals surface area (Å²) >= 11 is 0. The minimum absolute atomic E-state index is 0.425. The van der Waals surface area contributed by atoms with Gasteiger partial charge in [0, 0.05) is 35.4 Å². The maximum Gasteiger partial charge on any atom is 0.0246 e. The molecule has 0 amide bonds. The van der Waals surface area contributed by atoms with Crippen molar-refractivity contribution in [2.45, 2.75) is 25.9 Å². The largest absolute Gasteiger partial charge is 0.310 e. The van der Waals surface area contributed by atoms with E-state index in [9.17, 15) is 4.21 Å². The lowest BCUT2D eigenvalue weighted by Crippen LogP contribution is -2.26. The number of rotatable bonds is 6. The van der Waals surface area contributed by atoms with Gasteiger partial charge in [-0.25, -0.2) is 0 Å². The molecule has 0 fully saturated rings. The molecule has 2 atom stereocenters. The molecular weight excluding hydrogens is 206 g/mol. The van der Waals surface area contributed by atoms with Gasteiger partial charge in [-0.2, -0.15) is 0 Å². The summed E-state index contributed by atoms with van der Waals surface area (Å²) in [6, 6.07) is 10.8. The van der Waals surface area contributed by atoms with E-state index in [0.717, 1.165) is 18.7 Å². The van der Waals surface area contributed by atoms with E-state index in [1.165, 1.54) is 5.56 Å². The molecule has 0 aliphatic carbocycles. The summed E-state index contributed by atoms with van der Waals surface area (Å²) in [6.07, 6.45) is 2.72. The Hall–Kier alpha value is -0.670. The molecule has 1 aromatic rings. The van der Waals surface area contributed by atoms with E-state index >= 15 is 0 Å². The zero-order valence-electron chi connectivity index (χ0n) is 9.40. The first kappa shape index (κ1) is 12.4. The third kappa shape index (κ3) is 5.70. The summed E-state index contributed by atoms with van der Waals surface area (Å²) in [5.74, 6) is 0.781. The number of hydrogen-bond donors (Lipinski definition) is 1. The lowest BCUT2D eigenvalue weighted by atomic mass is 10.2. The second-order valence-electron chi connectivity index (χ2n) is 3.83. The Kier molecular flexibility index (Phi) is 5.58. The summed E-state index contributed by atoms with van der Waals surface area (Å²) in [5, 5.41) is 3.42. The van der Waals surface area contributed by atoms with Crippen LogP contribution >= 0.6 is 0 Å². The van der Waals surface area contributed by atoms with Crippen molar-refractivity contribution in [1.29, 1.82) is 0 Å². The maximum atomic E-state index is 10.9. The van der Waals surface area contributed by atoms with Gasteiger partial charge >= 0.3 is 0 Å². The van der Waals surface area contributed by atoms with Crippen LogP contribution in [0, 0.1) is 0 Å². The highest BCUT2D eigenvalue weighted by Crippen LogP contribution is 1.99. The summed E-state index contributed by atoms with van der Waals surface area (Å²) in [7, 11) is -0.674. The first-order chi connectivity index (χ1) is 7.18. The first-order valence-electron chi connectivity index (χ1n) is 5.26. The standard InChI is InChI=1S/C12H19NOS/c1-11(8-9-15(2)14)13-10-12-6-4-3-5-7-12/h3-7,11,13H,8-10H2,1-2H3. The molecule has 0 aromatic heterocycles. The van der Waals surface area contributed by atoms with Gasteiger partial charge in [-0.3, -0.25) is 4.21 Å². The summed E-state index contributed by atoms with van der Waals surface area (Å²) in [4.78, 5) is 0. The number of nitrogens with one attached hydrogen (secondary N) is 1. The summed E-state index contributed by atoms with van der Waals surface area (Å²) in [5.41, 5.74) is 1.29. The third-order valence-corrected chi connectivity index (χ3v) is 3.15. The first-order valence-corrected chi connectivity index (χ1v) is 6.98. The van der Waals surface area contributed by atoms with Gasteiger partial charge in [0.25, 0.3) is 0 Å². The molecule has 2 nitrogen and oxygen atoms in total. The van der Waals surface area contributed by atoms with Crippen molar-refractivity contribution in [2.75, 3.05) is 12.0 Å². The predicted octanol–water partition coefficient (Wildman–Crippen LogP) is 1.93. The molecule has 0 heterocycles. The fourth-order valence-electron chi connectivity index (χ4n) is 1.33. The molecule has 0 aliphatic heterocycles. The van der Waals surface area contributed by atoms with Gasteiger partial charge in [-0.15, -0.1) is 0 Å². The van der Waals surface area contributed by atoms with Gasteiger partial charge < -0.3 is 5.32 Å². The van der Waals surface area contributed by atoms with Gasteiger partial charge in [0.1, 0.15) is 0 Å². The Morgan fingerprint density at radius 3 is 2.60 bits per heavy atom. The third-order valence-electron chi connectivity index (χ3n) is 2.34. The minimum Gasteiger partial charge on any atom is -0.310 e. The smallest absolute Gasteiger partial charge is 0.0246 e. The fraction of sp³-hybridized carbons (Fsp3) is 0.500. The van der Waals surface area contributed by atoms with Crippen molar-refractivity contribution in [3.63, 3.8) is 0 Å². The van der Waals surface area contributed by atoms with Crippen LogP contribution in [0.2, 0.25) is 0 Å². The molecular formula is C12H19NOS. The maximum absolute atomic E-state index is 10.9. The van der Waals surface area contributed by atoms with Crippen molar-refractivity contribution < 1.29 is 4.21 Å². The van der Waals surface area contributed by atoms with E-state index < -0.39 is 10.8 Å². The topological polar surface area (TPSA) is 29.1 Å². The molecule has 0 spiro atoms. The lowest BCUT2D eigenvalue weighted by Gasteiger charge is -2.12. The Labute approximate surface area is 94.5 Å². The zero-order chi connectivity index (χ0) is 11.1. The molecule has 3 heteroatoms. The van der Waals surface area contributed by atoms with Crippen molar-refractivity contribution in [1.82, 2.24) is 5.32 Å². The van der Waals surface area contributed by atoms with E-state index in [2.05, 4.69) is 24.4 Å². The number of hydrogen-bond acceptors (Lipinski definition) is 2. The van der Waals surface area contributed by atoms with Crippen LogP contribution in [0.1, 0.15) is 18.9 Å². The van der Waals surface area contributed by atoms with E-state index in [0.29, 0.717) is 6.04 Å². The second-order valence-corrected chi connectivity index (χ2v) is 5.39. The molecule has 15 heavy (non-hydrogen) atoms. The molecule has 0 bridgehead atoms. The highest BCUT2D eigenvalue weighted by atomic mass is 32.2. The Bertz CT molecular complexity index is 300. The predicted molar refractivity (Wildman–Crippen MR) is 66.3 cm³/mol. The average Bonchev–Trinajstić information content (AvgIpc) is 2.25. The van der Waals surface area contributed by atoms with Crippen molar-refractivity contribution >= 4 is 10.8 Å². The van der Waals surface area contributed by atoms with E-state index in [1.54, 1.807) is 6.26 Å². The van der Waals surface area contributed by atoms with Gasteiger partial charge in [0.15, 0.2) is 0 Å². The Morgan fingerprint density at radius 2 is 2.00 bits per heavy atom. The number of benzene rings is 1. The Morgan fingerprint density at radius 1 is 1.33 bits per heavy atom. The van der Waals surface area contributed by atoms with Crippen LogP contribution in [0.25, 0.3) is 0 Å². The molecule has 0 saturated carbocycles. The van der Waals surface area contributed by atoms with E-state index in [4.69, 9.17) is 0 Å². The van der Waals surface area contributed by atoms with Crippen LogP contribution in [-0.4, -0.2) is 22.3 Å². The van der Waals surface area contributed by atoms with Crippen LogP contribution < -0.4 is 5.32 Å². The Balaban J connectivity index is 2.22. The molecule has 0 saturated heterocycles. The zero-order valence-corrected chi connectivity index (χ0v) is 10.2. The molecule has 0 radical (unpaired) electrons. The molecule has 1 aromatic carbocycles. The lowest BCUT2D eigenvalue weighted by molar-refractivity contribution is 0.535. The fourth-order valence-corrected chi connectivity index (χ4v) is 2.02. The molecule has 84 valence electrons. The van der Waals surface area contributed by atoms with E-state index in [1.807, 2.05) is 18.2 Å². The second kappa shape index (κ2) is 6.75. The van der Waals surface area contributed by atoms with Crippen molar-refractivity contribution in [3.8, 4) is 0 Å². The van der Waals surface area contributed by atoms with Gasteiger partial charge in [0.2, 0.25) is 0 Å². The van der Waals surface area contributed by atoms with Crippen LogP contribution in [0.5, 0.6) is 0 Å². The highest BCUT2D eigenvalue weighted by Gasteiger charge is 2.02. The van der Waals surface area contributed by atoms with Gasteiger partial charge in [0.05, 0.1) is 0 Å². The van der Waals surface area contributed by atoms with Gasteiger partial charge in [-0.05, 0) is 18.9 Å². The van der Waals surface area contributed by atoms with Crippen LogP contribution in [0.15, 0.2) is 30.3 Å². The monoisotopic (exact) mass is 225 g/mol. The summed E-state index contributed by atoms with van der Waals surface area (Å²) < 4.78 is 10.9. The van der Waals surface area contributed by atoms with Crippen LogP contribution in [0.3, 0.4) is 0 Å². The minimum atomic E-state index is -0.674. The van der Waals surface area contributed by atoms with Crippen LogP contribution in [-0.2, 0) is 17.3 Å². The molecule has 2 unspecified atom stereocenters. The van der Waals surface area contributed by atoms with E-state index in [-0.39, 0.29) is 0 Å². The summed E-state index contributed by atoms with van der Waals surface area (Å²) in [6.45, 7) is 3.02. The quantitative estimate of drug-likeness (QED) is 0.801. The molecule has 0 aliphatic rings. The SMILES string of the molecule is CC(CCS(C)=O)NCc1ccccc1. The molecule has 1 N–H and O–H groups in total. The highest BCUT2D eigenvalue weighted by molar-refractivity contribution is 7.84. The van der Waals surface area contributed by atoms with Gasteiger partial charge in [-0.1, -0.05) is 30.3 Å². The average molecular weight is 225 g/mol. The molecule has 1 rings (SSSR count). The van der Waals surface area contributed by atoms with Crippen molar-refractivity contribution in [3.05, 3.63) is 35.9 Å². The normalized spacial score (nSPS) is 14.8. The van der Waals surface area contributed by atoms with Crippen molar-refractivity contribution in [2.24, 2.45) is 0 Å².